The summed E-state index contributed by atoms with van der Waals surface area (Å²) in [6.07, 6.45) is 0. The molecule has 2 atom stereocenters. The quantitative estimate of drug-likeness (QED) is 0.267. The van der Waals surface area contributed by atoms with Gasteiger partial charge in [-0.05, 0) is 33.4 Å². The van der Waals surface area contributed by atoms with Gasteiger partial charge in [-0.15, -0.1) is 0 Å². The summed E-state index contributed by atoms with van der Waals surface area (Å²) in [5.41, 5.74) is 9.27. The van der Waals surface area contributed by atoms with Gasteiger partial charge in [0.1, 0.15) is 0 Å². The van der Waals surface area contributed by atoms with Crippen LogP contribution < -0.4 is 0 Å². The third kappa shape index (κ3) is 3.58. The number of benzene rings is 4. The summed E-state index contributed by atoms with van der Waals surface area (Å²) in [6, 6.07) is 45.1. The molecular formula is C31H30Si2. The van der Waals surface area contributed by atoms with Gasteiger partial charge >= 0.3 is 0 Å². The number of hydrogen-bond donors (Lipinski definition) is 0. The van der Waals surface area contributed by atoms with Gasteiger partial charge in [0.25, 0.3) is 0 Å². The maximum absolute atomic E-state index is 2.60. The zero-order valence-corrected chi connectivity index (χ0v) is 21.6. The van der Waals surface area contributed by atoms with E-state index in [1.165, 1.54) is 22.3 Å². The van der Waals surface area contributed by atoms with Crippen molar-refractivity contribution in [2.45, 2.75) is 29.8 Å². The van der Waals surface area contributed by atoms with E-state index in [0.29, 0.717) is 5.54 Å². The van der Waals surface area contributed by atoms with Crippen LogP contribution in [0.25, 0.3) is 11.1 Å². The second-order valence-electron chi connectivity index (χ2n) is 9.16. The highest BCUT2D eigenvalue weighted by Crippen LogP contribution is 2.59. The summed E-state index contributed by atoms with van der Waals surface area (Å²) in [5, 5.41) is 0. The second kappa shape index (κ2) is 9.13. The number of rotatable bonds is 5. The van der Waals surface area contributed by atoms with Crippen molar-refractivity contribution < 1.29 is 0 Å². The summed E-state index contributed by atoms with van der Waals surface area (Å²) in [5.74, 6) is 0. The summed E-state index contributed by atoms with van der Waals surface area (Å²) < 4.78 is 0.101. The van der Waals surface area contributed by atoms with Crippen LogP contribution in [0, 0.1) is 0 Å². The molecule has 0 aromatic heterocycles. The SMILES string of the molecule is C[Si](C)[C@@]1(c2ccccc2)C(c2ccccc2)=C(c2ccccc2)[C@H](c2ccccc2)[Si]1C. The lowest BCUT2D eigenvalue weighted by atomic mass is 9.86. The van der Waals surface area contributed by atoms with E-state index in [-0.39, 0.29) is 4.66 Å². The fraction of sp³-hybridized carbons (Fsp3) is 0.161. The molecule has 0 fully saturated rings. The molecule has 0 amide bonds. The van der Waals surface area contributed by atoms with Crippen LogP contribution in [0.5, 0.6) is 0 Å². The van der Waals surface area contributed by atoms with Crippen molar-refractivity contribution in [2.24, 2.45) is 0 Å². The molecule has 1 heterocycles. The lowest BCUT2D eigenvalue weighted by Gasteiger charge is -2.41. The van der Waals surface area contributed by atoms with E-state index < -0.39 is 17.6 Å². The van der Waals surface area contributed by atoms with Gasteiger partial charge in [-0.25, -0.2) is 0 Å². The summed E-state index contributed by atoms with van der Waals surface area (Å²) >= 11 is 0. The van der Waals surface area contributed by atoms with Crippen LogP contribution in [-0.4, -0.2) is 17.6 Å². The van der Waals surface area contributed by atoms with Crippen molar-refractivity contribution in [1.29, 1.82) is 0 Å². The Morgan fingerprint density at radius 3 is 1.58 bits per heavy atom. The third-order valence-electron chi connectivity index (χ3n) is 7.19. The molecule has 4 aromatic rings. The minimum Gasteiger partial charge on any atom is -0.0705 e. The largest absolute Gasteiger partial charge is 0.0728 e. The molecule has 4 aromatic carbocycles. The maximum atomic E-state index is 2.60. The van der Waals surface area contributed by atoms with Gasteiger partial charge in [-0.1, -0.05) is 141 Å². The first-order valence-corrected chi connectivity index (χ1v) is 16.3. The van der Waals surface area contributed by atoms with E-state index >= 15 is 0 Å². The van der Waals surface area contributed by atoms with Crippen molar-refractivity contribution in [3.63, 3.8) is 0 Å². The molecule has 2 radical (unpaired) electrons. The normalized spacial score (nSPS) is 21.0. The highest BCUT2D eigenvalue weighted by atomic mass is 28.3. The molecule has 33 heavy (non-hydrogen) atoms. The fourth-order valence-corrected chi connectivity index (χ4v) is 14.2. The minimum absolute atomic E-state index is 0.101. The Hall–Kier alpha value is -2.95. The van der Waals surface area contributed by atoms with Crippen molar-refractivity contribution >= 4 is 28.7 Å². The van der Waals surface area contributed by atoms with Gasteiger partial charge in [-0.3, -0.25) is 0 Å². The first-order valence-electron chi connectivity index (χ1n) is 11.8. The van der Waals surface area contributed by atoms with E-state index in [1.54, 1.807) is 11.1 Å². The van der Waals surface area contributed by atoms with Crippen LogP contribution in [-0.2, 0) is 4.66 Å². The molecular weight excluding hydrogens is 429 g/mol. The first kappa shape index (κ1) is 21.9. The predicted octanol–water partition coefficient (Wildman–Crippen LogP) is 7.83. The Kier molecular flexibility index (Phi) is 6.05. The second-order valence-corrected chi connectivity index (χ2v) is 15.1. The topological polar surface area (TPSA) is 0 Å². The van der Waals surface area contributed by atoms with Crippen molar-refractivity contribution in [2.75, 3.05) is 0 Å². The molecule has 1 aliphatic rings. The first-order chi connectivity index (χ1) is 16.2. The number of hydrogen-bond acceptors (Lipinski definition) is 0. The van der Waals surface area contributed by atoms with Crippen LogP contribution in [0.15, 0.2) is 121 Å². The smallest absolute Gasteiger partial charge is 0.0705 e. The van der Waals surface area contributed by atoms with Gasteiger partial charge in [0.15, 0.2) is 0 Å². The molecule has 0 saturated heterocycles. The van der Waals surface area contributed by atoms with Crippen molar-refractivity contribution in [1.82, 2.24) is 0 Å². The molecule has 0 nitrogen and oxygen atoms in total. The zero-order valence-electron chi connectivity index (χ0n) is 19.6. The van der Waals surface area contributed by atoms with Gasteiger partial charge in [-0.2, -0.15) is 0 Å². The molecule has 0 bridgehead atoms. The van der Waals surface area contributed by atoms with E-state index in [9.17, 15) is 0 Å². The Morgan fingerprint density at radius 1 is 0.606 bits per heavy atom. The Labute approximate surface area is 201 Å². The Balaban J connectivity index is 1.93. The molecule has 0 spiro atoms. The predicted molar refractivity (Wildman–Crippen MR) is 146 cm³/mol. The van der Waals surface area contributed by atoms with Gasteiger partial charge in [0.05, 0.1) is 17.6 Å². The van der Waals surface area contributed by atoms with E-state index in [2.05, 4.69) is 141 Å². The van der Waals surface area contributed by atoms with Crippen LogP contribution in [0.3, 0.4) is 0 Å². The van der Waals surface area contributed by atoms with Crippen LogP contribution in [0.4, 0.5) is 0 Å². The van der Waals surface area contributed by atoms with Crippen LogP contribution in [0.2, 0.25) is 19.6 Å². The summed E-state index contributed by atoms with van der Waals surface area (Å²) in [4.78, 5) is 0. The monoisotopic (exact) mass is 458 g/mol. The van der Waals surface area contributed by atoms with Gasteiger partial charge in [0.2, 0.25) is 0 Å². The van der Waals surface area contributed by atoms with E-state index in [4.69, 9.17) is 0 Å². The highest BCUT2D eigenvalue weighted by molar-refractivity contribution is 6.87. The van der Waals surface area contributed by atoms with Crippen molar-refractivity contribution in [3.05, 3.63) is 144 Å². The average molecular weight is 459 g/mol. The fourth-order valence-electron chi connectivity index (χ4n) is 5.94. The van der Waals surface area contributed by atoms with E-state index in [1.807, 2.05) is 0 Å². The molecule has 0 N–H and O–H groups in total. The molecule has 0 unspecified atom stereocenters. The molecule has 2 heteroatoms. The lowest BCUT2D eigenvalue weighted by molar-refractivity contribution is 1.04. The van der Waals surface area contributed by atoms with Gasteiger partial charge in [0, 0.05) is 10.2 Å². The standard InChI is InChI=1S/C31H30Si2/c1-32(2)31(27-22-14-7-15-23-27)29(25-18-10-5-11-19-25)28(24-16-8-4-9-17-24)30(33(31)3)26-20-12-6-13-21-26/h4-23,30H,1-3H3/t30-,31+/m0/s1. The maximum Gasteiger partial charge on any atom is 0.0728 e. The van der Waals surface area contributed by atoms with Crippen LogP contribution >= 0.6 is 0 Å². The Morgan fingerprint density at radius 2 is 1.06 bits per heavy atom. The molecule has 1 aliphatic heterocycles. The summed E-state index contributed by atoms with van der Waals surface area (Å²) in [7, 11) is -1.68. The third-order valence-corrected chi connectivity index (χ3v) is 15.1. The summed E-state index contributed by atoms with van der Waals surface area (Å²) in [6.45, 7) is 7.67. The average Bonchev–Trinajstić information content (AvgIpc) is 3.16. The zero-order chi connectivity index (χ0) is 22.8. The minimum atomic E-state index is -0.917. The molecule has 0 aliphatic carbocycles. The number of allylic oxidation sites excluding steroid dienone is 2. The molecule has 162 valence electrons. The molecule has 0 saturated carbocycles. The molecule has 5 rings (SSSR count). The lowest BCUT2D eigenvalue weighted by Crippen LogP contribution is -2.51. The van der Waals surface area contributed by atoms with E-state index in [0.717, 1.165) is 0 Å². The highest BCUT2D eigenvalue weighted by Gasteiger charge is 2.56. The van der Waals surface area contributed by atoms with Crippen LogP contribution in [0.1, 0.15) is 27.8 Å². The Bertz CT molecular complexity index is 1230. The van der Waals surface area contributed by atoms with Gasteiger partial charge < -0.3 is 0 Å². The van der Waals surface area contributed by atoms with Crippen molar-refractivity contribution in [3.8, 4) is 0 Å².